The molecule has 0 spiro atoms. The molecule has 136 valence electrons. The van der Waals surface area contributed by atoms with Gasteiger partial charge in [-0.2, -0.15) is 0 Å². The van der Waals surface area contributed by atoms with Crippen molar-refractivity contribution in [1.29, 1.82) is 0 Å². The number of hydrogen-bond donors (Lipinski definition) is 0. The summed E-state index contributed by atoms with van der Waals surface area (Å²) >= 11 is 0. The lowest BCUT2D eigenvalue weighted by molar-refractivity contribution is -0.150. The Labute approximate surface area is 152 Å². The Balaban J connectivity index is 1.42. The number of carbonyl (C=O) groups is 1. The number of benzene rings is 1. The molecule has 2 saturated carbocycles. The molecule has 0 saturated heterocycles. The first-order valence-corrected chi connectivity index (χ1v) is 10.0. The second kappa shape index (κ2) is 8.69. The van der Waals surface area contributed by atoms with Gasteiger partial charge in [-0.05, 0) is 81.6 Å². The molecule has 2 aliphatic rings. The van der Waals surface area contributed by atoms with Crippen molar-refractivity contribution in [2.75, 3.05) is 0 Å². The van der Waals surface area contributed by atoms with E-state index in [1.165, 1.54) is 49.7 Å². The number of aryl methyl sites for hydroxylation is 1. The first-order valence-electron chi connectivity index (χ1n) is 10.0. The summed E-state index contributed by atoms with van der Waals surface area (Å²) in [6, 6.07) is 9.14. The van der Waals surface area contributed by atoms with E-state index in [-0.39, 0.29) is 12.1 Å². The van der Waals surface area contributed by atoms with E-state index >= 15 is 0 Å². The van der Waals surface area contributed by atoms with Crippen molar-refractivity contribution < 1.29 is 9.53 Å². The molecule has 3 rings (SSSR count). The van der Waals surface area contributed by atoms with Crippen LogP contribution in [0.4, 0.5) is 0 Å². The van der Waals surface area contributed by atoms with Crippen LogP contribution in [0.1, 0.15) is 74.8 Å². The van der Waals surface area contributed by atoms with Gasteiger partial charge in [-0.25, -0.2) is 0 Å². The highest BCUT2D eigenvalue weighted by Gasteiger charge is 2.32. The van der Waals surface area contributed by atoms with Crippen molar-refractivity contribution in [3.8, 4) is 0 Å². The van der Waals surface area contributed by atoms with Crippen molar-refractivity contribution >= 4 is 5.97 Å². The van der Waals surface area contributed by atoms with Crippen LogP contribution in [0.15, 0.2) is 36.9 Å². The quantitative estimate of drug-likeness (QED) is 0.489. The van der Waals surface area contributed by atoms with E-state index in [9.17, 15) is 4.79 Å². The largest absolute Gasteiger partial charge is 0.462 e. The van der Waals surface area contributed by atoms with Crippen LogP contribution in [0, 0.1) is 18.8 Å². The Morgan fingerprint density at radius 3 is 2.12 bits per heavy atom. The molecular weight excluding hydrogens is 308 g/mol. The molecule has 25 heavy (non-hydrogen) atoms. The number of rotatable bonds is 5. The fraction of sp³-hybridized carbons (Fsp3) is 0.609. The van der Waals surface area contributed by atoms with E-state index in [2.05, 4.69) is 37.8 Å². The Morgan fingerprint density at radius 2 is 1.56 bits per heavy atom. The Hall–Kier alpha value is -1.57. The van der Waals surface area contributed by atoms with E-state index in [1.807, 2.05) is 0 Å². The minimum absolute atomic E-state index is 0.114. The predicted molar refractivity (Wildman–Crippen MR) is 103 cm³/mol. The lowest BCUT2D eigenvalue weighted by atomic mass is 9.69. The summed E-state index contributed by atoms with van der Waals surface area (Å²) in [6.07, 6.45) is 12.1. The monoisotopic (exact) mass is 340 g/mol. The van der Waals surface area contributed by atoms with Gasteiger partial charge in [0.05, 0.1) is 6.42 Å². The summed E-state index contributed by atoms with van der Waals surface area (Å²) in [6.45, 7) is 5.76. The van der Waals surface area contributed by atoms with Crippen LogP contribution in [0.25, 0.3) is 0 Å². The molecule has 0 radical (unpaired) electrons. The summed E-state index contributed by atoms with van der Waals surface area (Å²) in [4.78, 5) is 11.6. The molecule has 0 aliphatic heterocycles. The molecule has 2 nitrogen and oxygen atoms in total. The minimum Gasteiger partial charge on any atom is -0.462 e. The molecule has 0 unspecified atom stereocenters. The molecular formula is C23H32O2. The summed E-state index contributed by atoms with van der Waals surface area (Å²) in [7, 11) is 0. The van der Waals surface area contributed by atoms with Gasteiger partial charge in [0.2, 0.25) is 0 Å². The molecule has 2 heteroatoms. The Morgan fingerprint density at radius 1 is 1.00 bits per heavy atom. The number of carbonyl (C=O) groups excluding carboxylic acids is 1. The van der Waals surface area contributed by atoms with Crippen LogP contribution in [-0.4, -0.2) is 12.1 Å². The highest BCUT2D eigenvalue weighted by Crippen LogP contribution is 2.43. The summed E-state index contributed by atoms with van der Waals surface area (Å²) in [5, 5.41) is 0. The molecule has 1 aromatic carbocycles. The highest BCUT2D eigenvalue weighted by molar-refractivity contribution is 5.71. The number of hydrogen-bond acceptors (Lipinski definition) is 2. The molecule has 2 aliphatic carbocycles. The first kappa shape index (κ1) is 18.2. The summed E-state index contributed by atoms with van der Waals surface area (Å²) in [5.74, 6) is 2.37. The van der Waals surface area contributed by atoms with Gasteiger partial charge in [0.25, 0.3) is 0 Å². The maximum atomic E-state index is 11.6. The number of ether oxygens (including phenoxy) is 1. The molecule has 1 aromatic rings. The lowest BCUT2D eigenvalue weighted by Crippen LogP contribution is -2.29. The smallest absolute Gasteiger partial charge is 0.309 e. The third-order valence-electron chi connectivity index (χ3n) is 6.32. The topological polar surface area (TPSA) is 26.3 Å². The van der Waals surface area contributed by atoms with Gasteiger partial charge in [-0.3, -0.25) is 4.79 Å². The fourth-order valence-electron chi connectivity index (χ4n) is 4.79. The molecule has 0 bridgehead atoms. The van der Waals surface area contributed by atoms with Crippen molar-refractivity contribution in [1.82, 2.24) is 0 Å². The molecule has 0 atom stereocenters. The zero-order chi connectivity index (χ0) is 17.6. The van der Waals surface area contributed by atoms with E-state index in [0.717, 1.165) is 30.6 Å². The van der Waals surface area contributed by atoms with Gasteiger partial charge in [-0.15, -0.1) is 6.58 Å². The Bertz CT molecular complexity index is 558. The average molecular weight is 341 g/mol. The maximum Gasteiger partial charge on any atom is 0.309 e. The molecule has 0 N–H and O–H groups in total. The SMILES string of the molecule is C=CCC(=O)OC1CCC(C2CCC(c3ccc(C)cc3)CC2)CC1. The van der Waals surface area contributed by atoms with Crippen LogP contribution in [-0.2, 0) is 9.53 Å². The zero-order valence-electron chi connectivity index (χ0n) is 15.6. The van der Waals surface area contributed by atoms with E-state index < -0.39 is 0 Å². The van der Waals surface area contributed by atoms with Gasteiger partial charge in [0.1, 0.15) is 6.10 Å². The van der Waals surface area contributed by atoms with Gasteiger partial charge in [0, 0.05) is 0 Å². The molecule has 0 heterocycles. The maximum absolute atomic E-state index is 11.6. The molecule has 0 aromatic heterocycles. The normalized spacial score (nSPS) is 29.8. The van der Waals surface area contributed by atoms with Gasteiger partial charge < -0.3 is 4.74 Å². The second-order valence-electron chi connectivity index (χ2n) is 8.04. The van der Waals surface area contributed by atoms with Gasteiger partial charge in [-0.1, -0.05) is 35.9 Å². The molecule has 2 fully saturated rings. The van der Waals surface area contributed by atoms with Crippen LogP contribution < -0.4 is 0 Å². The van der Waals surface area contributed by atoms with Crippen LogP contribution in [0.3, 0.4) is 0 Å². The van der Waals surface area contributed by atoms with Crippen molar-refractivity contribution in [2.24, 2.45) is 11.8 Å². The third kappa shape index (κ3) is 4.96. The first-order chi connectivity index (χ1) is 12.2. The third-order valence-corrected chi connectivity index (χ3v) is 6.32. The van der Waals surface area contributed by atoms with Crippen molar-refractivity contribution in [3.05, 3.63) is 48.0 Å². The van der Waals surface area contributed by atoms with Crippen molar-refractivity contribution in [2.45, 2.75) is 76.7 Å². The summed E-state index contributed by atoms with van der Waals surface area (Å²) < 4.78 is 5.54. The lowest BCUT2D eigenvalue weighted by Gasteiger charge is -2.37. The van der Waals surface area contributed by atoms with Gasteiger partial charge >= 0.3 is 5.97 Å². The fourth-order valence-corrected chi connectivity index (χ4v) is 4.79. The minimum atomic E-state index is -0.114. The van der Waals surface area contributed by atoms with E-state index in [1.54, 1.807) is 6.08 Å². The number of esters is 1. The zero-order valence-corrected chi connectivity index (χ0v) is 15.6. The second-order valence-corrected chi connectivity index (χ2v) is 8.04. The highest BCUT2D eigenvalue weighted by atomic mass is 16.5. The molecule has 0 amide bonds. The van der Waals surface area contributed by atoms with Crippen LogP contribution in [0.2, 0.25) is 0 Å². The van der Waals surface area contributed by atoms with Crippen LogP contribution in [0.5, 0.6) is 0 Å². The Kier molecular flexibility index (Phi) is 6.34. The van der Waals surface area contributed by atoms with Crippen molar-refractivity contribution in [3.63, 3.8) is 0 Å². The van der Waals surface area contributed by atoms with E-state index in [4.69, 9.17) is 4.74 Å². The standard InChI is InChI=1S/C23H32O2/c1-3-4-23(24)25-22-15-13-21(14-16-22)20-11-9-19(10-12-20)18-7-5-17(2)6-8-18/h3,5-8,19-22H,1,4,9-16H2,2H3. The van der Waals surface area contributed by atoms with Crippen LogP contribution >= 0.6 is 0 Å². The summed E-state index contributed by atoms with van der Waals surface area (Å²) in [5.41, 5.74) is 2.88. The van der Waals surface area contributed by atoms with E-state index in [0.29, 0.717) is 6.42 Å². The average Bonchev–Trinajstić information content (AvgIpc) is 2.63. The van der Waals surface area contributed by atoms with Gasteiger partial charge in [0.15, 0.2) is 0 Å². The predicted octanol–water partition coefficient (Wildman–Crippen LogP) is 5.95.